The fourth-order valence-corrected chi connectivity index (χ4v) is 2.08. The number of aryl methyl sites for hydroxylation is 1. The van der Waals surface area contributed by atoms with E-state index in [-0.39, 0.29) is 11.8 Å². The molecular formula is C15H18F2N4O2. The Morgan fingerprint density at radius 1 is 1.48 bits per heavy atom. The van der Waals surface area contributed by atoms with Gasteiger partial charge in [-0.15, -0.1) is 0 Å². The average Bonchev–Trinajstić information content (AvgIpc) is 2.88. The number of amides is 2. The number of aromatic nitrogens is 2. The van der Waals surface area contributed by atoms with E-state index in [1.54, 1.807) is 44.0 Å². The molecule has 0 saturated heterocycles. The monoisotopic (exact) mass is 324 g/mol. The molecular weight excluding hydrogens is 306 g/mol. The van der Waals surface area contributed by atoms with E-state index < -0.39 is 6.61 Å². The molecule has 0 fully saturated rings. The highest BCUT2D eigenvalue weighted by Gasteiger charge is 2.14. The highest BCUT2D eigenvalue weighted by atomic mass is 19.3. The van der Waals surface area contributed by atoms with Gasteiger partial charge in [-0.3, -0.25) is 4.68 Å². The lowest BCUT2D eigenvalue weighted by molar-refractivity contribution is -0.0502. The maximum Gasteiger partial charge on any atom is 0.387 e. The number of rotatable bonds is 5. The van der Waals surface area contributed by atoms with E-state index >= 15 is 0 Å². The molecule has 2 rings (SSSR count). The van der Waals surface area contributed by atoms with Crippen LogP contribution in [0.4, 0.5) is 19.3 Å². The van der Waals surface area contributed by atoms with Crippen molar-refractivity contribution in [3.63, 3.8) is 0 Å². The minimum Gasteiger partial charge on any atom is -0.434 e. The van der Waals surface area contributed by atoms with E-state index in [4.69, 9.17) is 0 Å². The number of benzene rings is 1. The number of hydrogen-bond donors (Lipinski definition) is 1. The van der Waals surface area contributed by atoms with Crippen LogP contribution in [-0.2, 0) is 13.6 Å². The quantitative estimate of drug-likeness (QED) is 0.920. The Morgan fingerprint density at radius 2 is 2.22 bits per heavy atom. The van der Waals surface area contributed by atoms with Gasteiger partial charge in [-0.25, -0.2) is 4.79 Å². The van der Waals surface area contributed by atoms with Crippen LogP contribution in [0, 0.1) is 6.92 Å². The third-order valence-electron chi connectivity index (χ3n) is 3.27. The molecule has 0 saturated carbocycles. The summed E-state index contributed by atoms with van der Waals surface area (Å²) < 4.78 is 30.7. The predicted molar refractivity (Wildman–Crippen MR) is 81.5 cm³/mol. The molecule has 2 amide bonds. The number of urea groups is 1. The number of nitrogens with one attached hydrogen (secondary N) is 1. The maximum atomic E-state index is 12.3. The van der Waals surface area contributed by atoms with Crippen LogP contribution in [0.25, 0.3) is 0 Å². The minimum absolute atomic E-state index is 0.0349. The summed E-state index contributed by atoms with van der Waals surface area (Å²) in [7, 11) is 3.43. The fourth-order valence-electron chi connectivity index (χ4n) is 2.08. The second-order valence-electron chi connectivity index (χ2n) is 5.12. The summed E-state index contributed by atoms with van der Waals surface area (Å²) in [5.74, 6) is 0.0349. The zero-order valence-electron chi connectivity index (χ0n) is 13.1. The Kier molecular flexibility index (Phi) is 5.15. The van der Waals surface area contributed by atoms with Crippen molar-refractivity contribution in [2.24, 2.45) is 7.05 Å². The van der Waals surface area contributed by atoms with E-state index in [1.807, 2.05) is 6.20 Å². The van der Waals surface area contributed by atoms with Gasteiger partial charge in [0, 0.05) is 37.1 Å². The first kappa shape index (κ1) is 16.7. The third-order valence-corrected chi connectivity index (χ3v) is 3.27. The summed E-state index contributed by atoms with van der Waals surface area (Å²) in [5, 5.41) is 6.72. The molecule has 0 radical (unpaired) electrons. The van der Waals surface area contributed by atoms with Crippen LogP contribution in [-0.4, -0.2) is 34.4 Å². The lowest BCUT2D eigenvalue weighted by Gasteiger charge is -2.19. The summed E-state index contributed by atoms with van der Waals surface area (Å²) in [6, 6.07) is 4.24. The van der Waals surface area contributed by atoms with Gasteiger partial charge in [0.2, 0.25) is 0 Å². The molecule has 23 heavy (non-hydrogen) atoms. The number of ether oxygens (including phenoxy) is 1. The number of hydrogen-bond acceptors (Lipinski definition) is 3. The number of nitrogens with zero attached hydrogens (tertiary/aromatic N) is 3. The molecule has 0 bridgehead atoms. The SMILES string of the molecule is Cc1c(NC(=O)N(C)Cc2cnn(C)c2)cccc1OC(F)F. The van der Waals surface area contributed by atoms with E-state index in [1.165, 1.54) is 11.0 Å². The van der Waals surface area contributed by atoms with Crippen molar-refractivity contribution in [3.05, 3.63) is 41.7 Å². The molecule has 0 spiro atoms. The molecule has 0 unspecified atom stereocenters. The normalized spacial score (nSPS) is 10.7. The number of halogens is 2. The molecule has 124 valence electrons. The number of anilines is 1. The van der Waals surface area contributed by atoms with Gasteiger partial charge in [-0.1, -0.05) is 6.07 Å². The Balaban J connectivity index is 2.04. The molecule has 6 nitrogen and oxygen atoms in total. The lowest BCUT2D eigenvalue weighted by Crippen LogP contribution is -2.31. The van der Waals surface area contributed by atoms with E-state index in [0.29, 0.717) is 17.8 Å². The molecule has 0 atom stereocenters. The van der Waals surface area contributed by atoms with Crippen molar-refractivity contribution in [2.45, 2.75) is 20.1 Å². The van der Waals surface area contributed by atoms with Gasteiger partial charge >= 0.3 is 12.6 Å². The van der Waals surface area contributed by atoms with Crippen LogP contribution in [0.1, 0.15) is 11.1 Å². The predicted octanol–water partition coefficient (Wildman–Crippen LogP) is 2.99. The van der Waals surface area contributed by atoms with Gasteiger partial charge in [-0.2, -0.15) is 13.9 Å². The zero-order valence-corrected chi connectivity index (χ0v) is 13.1. The minimum atomic E-state index is -2.91. The summed E-state index contributed by atoms with van der Waals surface area (Å²) in [6.45, 7) is -0.923. The zero-order chi connectivity index (χ0) is 17.0. The van der Waals surface area contributed by atoms with Crippen LogP contribution in [0.2, 0.25) is 0 Å². The molecule has 0 aliphatic heterocycles. The summed E-state index contributed by atoms with van der Waals surface area (Å²) >= 11 is 0. The van der Waals surface area contributed by atoms with Crippen LogP contribution < -0.4 is 10.1 Å². The van der Waals surface area contributed by atoms with Crippen molar-refractivity contribution >= 4 is 11.7 Å². The van der Waals surface area contributed by atoms with Crippen molar-refractivity contribution in [2.75, 3.05) is 12.4 Å². The molecule has 2 aromatic rings. The smallest absolute Gasteiger partial charge is 0.387 e. The van der Waals surface area contributed by atoms with Crippen molar-refractivity contribution in [1.82, 2.24) is 14.7 Å². The Labute approximate surface area is 132 Å². The summed E-state index contributed by atoms with van der Waals surface area (Å²) in [5.41, 5.74) is 1.75. The van der Waals surface area contributed by atoms with Crippen LogP contribution in [0.5, 0.6) is 5.75 Å². The van der Waals surface area contributed by atoms with Gasteiger partial charge < -0.3 is 15.0 Å². The van der Waals surface area contributed by atoms with E-state index in [2.05, 4.69) is 15.2 Å². The van der Waals surface area contributed by atoms with Crippen molar-refractivity contribution < 1.29 is 18.3 Å². The molecule has 0 aliphatic rings. The standard InChI is InChI=1S/C15H18F2N4O2/c1-10-12(5-4-6-13(10)23-14(16)17)19-15(22)20(2)8-11-7-18-21(3)9-11/h4-7,9,14H,8H2,1-3H3,(H,19,22). The molecule has 1 N–H and O–H groups in total. The average molecular weight is 324 g/mol. The van der Waals surface area contributed by atoms with Crippen LogP contribution >= 0.6 is 0 Å². The second-order valence-corrected chi connectivity index (χ2v) is 5.12. The molecule has 0 aliphatic carbocycles. The Bertz CT molecular complexity index is 688. The van der Waals surface area contributed by atoms with E-state index in [0.717, 1.165) is 5.56 Å². The van der Waals surface area contributed by atoms with Crippen LogP contribution in [0.3, 0.4) is 0 Å². The highest BCUT2D eigenvalue weighted by Crippen LogP contribution is 2.27. The molecule has 1 aromatic carbocycles. The molecule has 1 heterocycles. The molecule has 1 aromatic heterocycles. The van der Waals surface area contributed by atoms with Gasteiger partial charge in [0.1, 0.15) is 5.75 Å². The number of carbonyl (C=O) groups excluding carboxylic acids is 1. The first-order chi connectivity index (χ1) is 10.9. The van der Waals surface area contributed by atoms with Gasteiger partial charge in [-0.05, 0) is 19.1 Å². The summed E-state index contributed by atoms with van der Waals surface area (Å²) in [4.78, 5) is 13.7. The fraction of sp³-hybridized carbons (Fsp3) is 0.333. The van der Waals surface area contributed by atoms with Crippen molar-refractivity contribution in [3.8, 4) is 5.75 Å². The Morgan fingerprint density at radius 3 is 2.83 bits per heavy atom. The first-order valence-electron chi connectivity index (χ1n) is 6.91. The Hall–Kier alpha value is -2.64. The van der Waals surface area contributed by atoms with Crippen molar-refractivity contribution in [1.29, 1.82) is 0 Å². The van der Waals surface area contributed by atoms with Gasteiger partial charge in [0.25, 0.3) is 0 Å². The number of carbonyl (C=O) groups is 1. The largest absolute Gasteiger partial charge is 0.434 e. The molecule has 8 heteroatoms. The van der Waals surface area contributed by atoms with Gasteiger partial charge in [0.05, 0.1) is 12.7 Å². The third kappa shape index (κ3) is 4.41. The second kappa shape index (κ2) is 7.08. The van der Waals surface area contributed by atoms with E-state index in [9.17, 15) is 13.6 Å². The summed E-state index contributed by atoms with van der Waals surface area (Å²) in [6.07, 6.45) is 3.48. The maximum absolute atomic E-state index is 12.3. The highest BCUT2D eigenvalue weighted by molar-refractivity contribution is 5.90. The lowest BCUT2D eigenvalue weighted by atomic mass is 10.2. The first-order valence-corrected chi connectivity index (χ1v) is 6.91. The topological polar surface area (TPSA) is 59.4 Å². The van der Waals surface area contributed by atoms with Gasteiger partial charge in [0.15, 0.2) is 0 Å². The van der Waals surface area contributed by atoms with Crippen LogP contribution in [0.15, 0.2) is 30.6 Å². The number of alkyl halides is 2.